The van der Waals surface area contributed by atoms with Gasteiger partial charge < -0.3 is 19.7 Å². The van der Waals surface area contributed by atoms with Gasteiger partial charge >= 0.3 is 0 Å². The van der Waals surface area contributed by atoms with Gasteiger partial charge in [0.2, 0.25) is 5.95 Å². The molecular formula is C25H22F4N8O. The third kappa shape index (κ3) is 4.23. The SMILES string of the molecule is Cn1c(C(=O)N2CC(F)(F)C2)cc2c1CN(c1ncc(F)c(Nc3ccc(-c4cn[nH]c4)cc3F)n1)CC2. The van der Waals surface area contributed by atoms with Gasteiger partial charge in [-0.2, -0.15) is 10.1 Å². The third-order valence-corrected chi connectivity index (χ3v) is 6.86. The highest BCUT2D eigenvalue weighted by molar-refractivity contribution is 5.94. The van der Waals surface area contributed by atoms with Gasteiger partial charge in [-0.05, 0) is 35.7 Å². The molecule has 2 N–H and O–H groups in total. The molecule has 9 nitrogen and oxygen atoms in total. The molecular weight excluding hydrogens is 504 g/mol. The number of rotatable bonds is 5. The van der Waals surface area contributed by atoms with Crippen molar-refractivity contribution in [3.8, 4) is 11.1 Å². The molecule has 38 heavy (non-hydrogen) atoms. The Hall–Kier alpha value is -4.42. The van der Waals surface area contributed by atoms with Crippen LogP contribution < -0.4 is 10.2 Å². The van der Waals surface area contributed by atoms with Gasteiger partial charge in [0.25, 0.3) is 11.8 Å². The summed E-state index contributed by atoms with van der Waals surface area (Å²) in [5, 5.41) is 9.23. The first kappa shape index (κ1) is 23.9. The van der Waals surface area contributed by atoms with Crippen LogP contribution in [0, 0.1) is 11.6 Å². The third-order valence-electron chi connectivity index (χ3n) is 6.86. The lowest BCUT2D eigenvalue weighted by Gasteiger charge is -2.38. The molecule has 0 unspecified atom stereocenters. The zero-order valence-corrected chi connectivity index (χ0v) is 20.2. The van der Waals surface area contributed by atoms with Crippen LogP contribution in [0.1, 0.15) is 21.7 Å². The van der Waals surface area contributed by atoms with Crippen molar-refractivity contribution in [3.05, 3.63) is 71.4 Å². The quantitative estimate of drug-likeness (QED) is 0.384. The molecule has 13 heteroatoms. The number of H-pyrrole nitrogens is 1. The average molecular weight is 526 g/mol. The molecule has 1 amide bonds. The van der Waals surface area contributed by atoms with Crippen molar-refractivity contribution in [3.63, 3.8) is 0 Å². The maximum absolute atomic E-state index is 14.8. The van der Waals surface area contributed by atoms with Gasteiger partial charge in [-0.25, -0.2) is 22.5 Å². The molecule has 0 spiro atoms. The number of aromatic amines is 1. The number of anilines is 3. The Balaban J connectivity index is 1.21. The zero-order chi connectivity index (χ0) is 26.6. The summed E-state index contributed by atoms with van der Waals surface area (Å²) < 4.78 is 57.6. The number of likely N-dealkylation sites (tertiary alicyclic amines) is 1. The Labute approximate surface area is 214 Å². The van der Waals surface area contributed by atoms with E-state index in [1.54, 1.807) is 36.1 Å². The Morgan fingerprint density at radius 2 is 1.92 bits per heavy atom. The molecule has 4 aromatic rings. The van der Waals surface area contributed by atoms with Gasteiger partial charge in [0, 0.05) is 31.0 Å². The highest BCUT2D eigenvalue weighted by atomic mass is 19.3. The largest absolute Gasteiger partial charge is 0.342 e. The van der Waals surface area contributed by atoms with Gasteiger partial charge in [-0.1, -0.05) is 6.07 Å². The number of fused-ring (bicyclic) bond motifs is 1. The van der Waals surface area contributed by atoms with Crippen LogP contribution in [0.5, 0.6) is 0 Å². The summed E-state index contributed by atoms with van der Waals surface area (Å²) in [6, 6.07) is 6.22. The molecule has 0 aliphatic carbocycles. The summed E-state index contributed by atoms with van der Waals surface area (Å²) in [7, 11) is 1.71. The lowest BCUT2D eigenvalue weighted by atomic mass is 10.1. The fraction of sp³-hybridized carbons (Fsp3) is 0.280. The van der Waals surface area contributed by atoms with Crippen LogP contribution in [0.25, 0.3) is 11.1 Å². The number of carbonyl (C=O) groups excluding carboxylic acids is 1. The zero-order valence-electron chi connectivity index (χ0n) is 20.2. The monoisotopic (exact) mass is 526 g/mol. The van der Waals surface area contributed by atoms with Gasteiger partial charge in [0.15, 0.2) is 11.6 Å². The van der Waals surface area contributed by atoms with E-state index in [9.17, 15) is 22.4 Å². The highest BCUT2D eigenvalue weighted by Crippen LogP contribution is 2.31. The minimum Gasteiger partial charge on any atom is -0.342 e. The number of benzene rings is 1. The second-order valence-corrected chi connectivity index (χ2v) is 9.42. The van der Waals surface area contributed by atoms with Crippen molar-refractivity contribution in [2.45, 2.75) is 18.9 Å². The lowest BCUT2D eigenvalue weighted by molar-refractivity contribution is -0.113. The molecule has 0 saturated carbocycles. The van der Waals surface area contributed by atoms with Crippen LogP contribution >= 0.6 is 0 Å². The summed E-state index contributed by atoms with van der Waals surface area (Å²) >= 11 is 0. The Morgan fingerprint density at radius 1 is 1.11 bits per heavy atom. The molecule has 196 valence electrons. The number of nitrogens with one attached hydrogen (secondary N) is 2. The van der Waals surface area contributed by atoms with E-state index in [0.29, 0.717) is 36.3 Å². The first-order chi connectivity index (χ1) is 18.2. The summed E-state index contributed by atoms with van der Waals surface area (Å²) in [4.78, 5) is 24.1. The van der Waals surface area contributed by atoms with Crippen molar-refractivity contribution in [2.75, 3.05) is 29.9 Å². The molecule has 1 aromatic carbocycles. The highest BCUT2D eigenvalue weighted by Gasteiger charge is 2.47. The number of hydrogen-bond acceptors (Lipinski definition) is 6. The number of nitrogens with zero attached hydrogens (tertiary/aromatic N) is 6. The van der Waals surface area contributed by atoms with Crippen LogP contribution in [-0.4, -0.2) is 61.1 Å². The Bertz CT molecular complexity index is 1530. The summed E-state index contributed by atoms with van der Waals surface area (Å²) in [6.45, 7) is -0.349. The van der Waals surface area contributed by atoms with Gasteiger partial charge in [-0.3, -0.25) is 9.89 Å². The normalized spacial score (nSPS) is 16.2. The standard InChI is InChI=1S/C25H22F4N8O/c1-35-20(23(38)37-12-25(28,29)13-37)7-15-4-5-36(11-21(15)35)24-30-10-18(27)22(34-24)33-19-3-2-14(6-17(19)26)16-8-31-32-9-16/h2-3,6-10H,4-5,11-13H2,1H3,(H,31,32)(H,30,33,34). The van der Waals surface area contributed by atoms with Crippen LogP contribution in [-0.2, 0) is 20.0 Å². The fourth-order valence-corrected chi connectivity index (χ4v) is 4.77. The topological polar surface area (TPSA) is 95.0 Å². The molecule has 1 saturated heterocycles. The number of halogens is 4. The lowest BCUT2D eigenvalue weighted by Crippen LogP contribution is -2.58. The van der Waals surface area contributed by atoms with E-state index in [1.807, 2.05) is 4.90 Å². The number of hydrogen-bond donors (Lipinski definition) is 2. The number of alkyl halides is 2. The molecule has 1 fully saturated rings. The van der Waals surface area contributed by atoms with Gasteiger partial charge in [0.1, 0.15) is 11.5 Å². The van der Waals surface area contributed by atoms with E-state index in [0.717, 1.165) is 22.4 Å². The average Bonchev–Trinajstić information content (AvgIpc) is 3.53. The van der Waals surface area contributed by atoms with Crippen molar-refractivity contribution in [1.82, 2.24) is 29.6 Å². The Morgan fingerprint density at radius 3 is 2.63 bits per heavy atom. The van der Waals surface area contributed by atoms with Crippen molar-refractivity contribution in [2.24, 2.45) is 7.05 Å². The van der Waals surface area contributed by atoms with E-state index in [-0.39, 0.29) is 17.5 Å². The predicted molar refractivity (Wildman–Crippen MR) is 130 cm³/mol. The predicted octanol–water partition coefficient (Wildman–Crippen LogP) is 3.88. The molecule has 3 aromatic heterocycles. The van der Waals surface area contributed by atoms with E-state index >= 15 is 0 Å². The van der Waals surface area contributed by atoms with E-state index < -0.39 is 36.6 Å². The molecule has 2 aliphatic rings. The van der Waals surface area contributed by atoms with E-state index in [1.165, 1.54) is 12.1 Å². The minimum atomic E-state index is -2.84. The van der Waals surface area contributed by atoms with Crippen LogP contribution in [0.3, 0.4) is 0 Å². The van der Waals surface area contributed by atoms with Gasteiger partial charge in [-0.15, -0.1) is 0 Å². The Kier molecular flexibility index (Phi) is 5.58. The van der Waals surface area contributed by atoms with Crippen molar-refractivity contribution < 1.29 is 22.4 Å². The number of amides is 1. The minimum absolute atomic E-state index is 0.0453. The second-order valence-electron chi connectivity index (χ2n) is 9.42. The molecule has 0 atom stereocenters. The van der Waals surface area contributed by atoms with Crippen molar-refractivity contribution in [1.29, 1.82) is 0 Å². The van der Waals surface area contributed by atoms with Crippen LogP contribution in [0.4, 0.5) is 35.0 Å². The molecule has 0 bridgehead atoms. The smallest absolute Gasteiger partial charge is 0.282 e. The van der Waals surface area contributed by atoms with Crippen LogP contribution in [0.15, 0.2) is 42.9 Å². The number of carbonyl (C=O) groups is 1. The summed E-state index contributed by atoms with van der Waals surface area (Å²) in [6.07, 6.45) is 4.77. The van der Waals surface area contributed by atoms with E-state index in [4.69, 9.17) is 0 Å². The second kappa shape index (κ2) is 8.85. The van der Waals surface area contributed by atoms with Gasteiger partial charge in [0.05, 0.1) is 37.7 Å². The number of aromatic nitrogens is 5. The molecule has 6 rings (SSSR count). The fourth-order valence-electron chi connectivity index (χ4n) is 4.77. The molecule has 0 radical (unpaired) electrons. The molecule has 2 aliphatic heterocycles. The maximum Gasteiger partial charge on any atom is 0.282 e. The van der Waals surface area contributed by atoms with E-state index in [2.05, 4.69) is 25.5 Å². The van der Waals surface area contributed by atoms with Crippen molar-refractivity contribution >= 4 is 23.4 Å². The first-order valence-electron chi connectivity index (χ1n) is 11.9. The summed E-state index contributed by atoms with van der Waals surface area (Å²) in [5.74, 6) is -4.57. The van der Waals surface area contributed by atoms with Crippen LogP contribution in [0.2, 0.25) is 0 Å². The summed E-state index contributed by atoms with van der Waals surface area (Å²) in [5.41, 5.74) is 3.45. The molecule has 5 heterocycles. The first-order valence-corrected chi connectivity index (χ1v) is 11.9. The maximum atomic E-state index is 14.8.